The quantitative estimate of drug-likeness (QED) is 0.282. The molecular weight excluding hydrogens is 507 g/mol. The van der Waals surface area contributed by atoms with Gasteiger partial charge in [0.05, 0.1) is 19.8 Å². The van der Waals surface area contributed by atoms with Gasteiger partial charge in [0.1, 0.15) is 11.9 Å². The number of halogens is 1. The predicted octanol–water partition coefficient (Wildman–Crippen LogP) is 2.80. The van der Waals surface area contributed by atoms with Crippen molar-refractivity contribution in [2.45, 2.75) is 38.8 Å². The van der Waals surface area contributed by atoms with Crippen molar-refractivity contribution in [3.63, 3.8) is 0 Å². The Balaban J connectivity index is 0.00000341. The zero-order chi connectivity index (χ0) is 21.2. The van der Waals surface area contributed by atoms with Crippen LogP contribution in [0.4, 0.5) is 0 Å². The van der Waals surface area contributed by atoms with Crippen molar-refractivity contribution < 1.29 is 14.2 Å². The van der Waals surface area contributed by atoms with Crippen molar-refractivity contribution in [2.75, 3.05) is 60.2 Å². The third kappa shape index (κ3) is 8.75. The van der Waals surface area contributed by atoms with Crippen molar-refractivity contribution in [2.24, 2.45) is 10.9 Å². The molecule has 2 fully saturated rings. The lowest BCUT2D eigenvalue weighted by Gasteiger charge is -2.32. The van der Waals surface area contributed by atoms with Gasteiger partial charge in [0.25, 0.3) is 0 Å². The highest BCUT2D eigenvalue weighted by atomic mass is 127. The van der Waals surface area contributed by atoms with Crippen LogP contribution in [0.3, 0.4) is 0 Å². The summed E-state index contributed by atoms with van der Waals surface area (Å²) in [4.78, 5) is 6.89. The predicted molar refractivity (Wildman–Crippen MR) is 136 cm³/mol. The lowest BCUT2D eigenvalue weighted by molar-refractivity contribution is 0.121. The van der Waals surface area contributed by atoms with Crippen LogP contribution in [0.25, 0.3) is 0 Å². The average molecular weight is 546 g/mol. The largest absolute Gasteiger partial charge is 0.488 e. The molecule has 0 aliphatic carbocycles. The molecule has 2 saturated heterocycles. The van der Waals surface area contributed by atoms with E-state index in [1.54, 1.807) is 7.11 Å². The molecule has 0 bridgehead atoms. The van der Waals surface area contributed by atoms with E-state index in [4.69, 9.17) is 14.2 Å². The SMILES string of the molecule is CN=C(NCc1ccc(C)cc1OC1CCOC1)NCC1CCN(CCOC)CC1.I. The van der Waals surface area contributed by atoms with Gasteiger partial charge in [-0.3, -0.25) is 4.99 Å². The van der Waals surface area contributed by atoms with Gasteiger partial charge in [-0.05, 0) is 50.4 Å². The Bertz CT molecular complexity index is 675. The first-order valence-corrected chi connectivity index (χ1v) is 11.2. The van der Waals surface area contributed by atoms with Gasteiger partial charge in [-0.25, -0.2) is 0 Å². The molecular formula is C23H39IN4O3. The number of hydrogen-bond acceptors (Lipinski definition) is 5. The van der Waals surface area contributed by atoms with E-state index < -0.39 is 0 Å². The van der Waals surface area contributed by atoms with Gasteiger partial charge in [-0.2, -0.15) is 0 Å². The zero-order valence-electron chi connectivity index (χ0n) is 19.2. The Morgan fingerprint density at radius 3 is 2.71 bits per heavy atom. The van der Waals surface area contributed by atoms with E-state index in [1.165, 1.54) is 18.4 Å². The minimum atomic E-state index is 0. The van der Waals surface area contributed by atoms with Gasteiger partial charge < -0.3 is 29.7 Å². The fourth-order valence-corrected chi connectivity index (χ4v) is 3.98. The maximum Gasteiger partial charge on any atom is 0.191 e. The number of nitrogens with one attached hydrogen (secondary N) is 2. The molecule has 0 aromatic heterocycles. The van der Waals surface area contributed by atoms with Crippen molar-refractivity contribution in [1.29, 1.82) is 0 Å². The highest BCUT2D eigenvalue weighted by Gasteiger charge is 2.20. The molecule has 8 heteroatoms. The third-order valence-electron chi connectivity index (χ3n) is 5.95. The molecule has 31 heavy (non-hydrogen) atoms. The average Bonchev–Trinajstić information content (AvgIpc) is 3.27. The normalized spacial score (nSPS) is 20.4. The van der Waals surface area contributed by atoms with Crippen LogP contribution in [0.2, 0.25) is 0 Å². The highest BCUT2D eigenvalue weighted by molar-refractivity contribution is 14.0. The van der Waals surface area contributed by atoms with E-state index in [2.05, 4.69) is 45.6 Å². The van der Waals surface area contributed by atoms with E-state index in [1.807, 2.05) is 7.05 Å². The summed E-state index contributed by atoms with van der Waals surface area (Å²) in [5.41, 5.74) is 2.34. The first-order valence-electron chi connectivity index (χ1n) is 11.2. The molecule has 176 valence electrons. The molecule has 1 aromatic carbocycles. The number of hydrogen-bond donors (Lipinski definition) is 2. The standard InChI is InChI=1S/C23H38N4O3.HI/c1-18-4-5-20(22(14-18)30-21-8-12-29-17-21)16-26-23(24-2)25-15-19-6-9-27(10-7-19)11-13-28-3;/h4-5,14,19,21H,6-13,15-17H2,1-3H3,(H2,24,25,26);1H. The molecule has 0 amide bonds. The summed E-state index contributed by atoms with van der Waals surface area (Å²) in [6.45, 7) is 9.34. The summed E-state index contributed by atoms with van der Waals surface area (Å²) in [7, 11) is 3.59. The van der Waals surface area contributed by atoms with Crippen LogP contribution in [0.15, 0.2) is 23.2 Å². The Morgan fingerprint density at radius 2 is 2.03 bits per heavy atom. The van der Waals surface area contributed by atoms with Crippen LogP contribution >= 0.6 is 24.0 Å². The number of ether oxygens (including phenoxy) is 3. The second-order valence-electron chi connectivity index (χ2n) is 8.30. The van der Waals surface area contributed by atoms with Gasteiger partial charge in [-0.1, -0.05) is 12.1 Å². The number of nitrogens with zero attached hydrogens (tertiary/aromatic N) is 2. The fraction of sp³-hybridized carbons (Fsp3) is 0.696. The highest BCUT2D eigenvalue weighted by Crippen LogP contribution is 2.24. The maximum absolute atomic E-state index is 6.21. The molecule has 0 saturated carbocycles. The van der Waals surface area contributed by atoms with Crippen LogP contribution in [0.5, 0.6) is 5.75 Å². The first kappa shape index (κ1) is 26.2. The summed E-state index contributed by atoms with van der Waals surface area (Å²) in [6, 6.07) is 6.38. The Hall–Kier alpha value is -1.10. The van der Waals surface area contributed by atoms with Crippen LogP contribution < -0.4 is 15.4 Å². The Kier molecular flexibility index (Phi) is 11.9. The summed E-state index contributed by atoms with van der Waals surface area (Å²) < 4.78 is 16.8. The monoisotopic (exact) mass is 546 g/mol. The summed E-state index contributed by atoms with van der Waals surface area (Å²) in [5, 5.41) is 6.95. The number of guanidine groups is 1. The van der Waals surface area contributed by atoms with Crippen molar-refractivity contribution in [3.05, 3.63) is 29.3 Å². The number of benzene rings is 1. The number of aryl methyl sites for hydroxylation is 1. The van der Waals surface area contributed by atoms with Crippen molar-refractivity contribution in [1.82, 2.24) is 15.5 Å². The molecule has 1 unspecified atom stereocenters. The van der Waals surface area contributed by atoms with Gasteiger partial charge in [0, 0.05) is 45.8 Å². The lowest BCUT2D eigenvalue weighted by Crippen LogP contribution is -2.43. The Morgan fingerprint density at radius 1 is 1.23 bits per heavy atom. The number of aliphatic imine (C=N–C) groups is 1. The summed E-state index contributed by atoms with van der Waals surface area (Å²) in [5.74, 6) is 2.47. The number of rotatable bonds is 9. The van der Waals surface area contributed by atoms with Crippen molar-refractivity contribution in [3.8, 4) is 5.75 Å². The van der Waals surface area contributed by atoms with Gasteiger partial charge in [0.15, 0.2) is 5.96 Å². The maximum atomic E-state index is 6.21. The van der Waals surface area contributed by atoms with E-state index in [0.29, 0.717) is 19.1 Å². The minimum absolute atomic E-state index is 0. The third-order valence-corrected chi connectivity index (χ3v) is 5.95. The molecule has 2 heterocycles. The van der Waals surface area contributed by atoms with E-state index in [0.717, 1.165) is 63.1 Å². The van der Waals surface area contributed by atoms with Crippen LogP contribution in [0, 0.1) is 12.8 Å². The van der Waals surface area contributed by atoms with Gasteiger partial charge >= 0.3 is 0 Å². The molecule has 2 aliphatic heterocycles. The number of likely N-dealkylation sites (tertiary alicyclic amines) is 1. The first-order chi connectivity index (χ1) is 14.7. The molecule has 1 aromatic rings. The fourth-order valence-electron chi connectivity index (χ4n) is 3.98. The topological polar surface area (TPSA) is 67.4 Å². The smallest absolute Gasteiger partial charge is 0.191 e. The van der Waals surface area contributed by atoms with Crippen molar-refractivity contribution >= 4 is 29.9 Å². The minimum Gasteiger partial charge on any atom is -0.488 e. The molecule has 2 N–H and O–H groups in total. The number of methoxy groups -OCH3 is 1. The second-order valence-corrected chi connectivity index (χ2v) is 8.30. The summed E-state index contributed by atoms with van der Waals surface area (Å²) >= 11 is 0. The van der Waals surface area contributed by atoms with Crippen LogP contribution in [0.1, 0.15) is 30.4 Å². The molecule has 2 aliphatic rings. The van der Waals surface area contributed by atoms with Crippen LogP contribution in [-0.2, 0) is 16.0 Å². The molecule has 7 nitrogen and oxygen atoms in total. The summed E-state index contributed by atoms with van der Waals surface area (Å²) in [6.07, 6.45) is 3.53. The van der Waals surface area contributed by atoms with Crippen LogP contribution in [-0.4, -0.2) is 77.1 Å². The lowest BCUT2D eigenvalue weighted by atomic mass is 9.97. The zero-order valence-corrected chi connectivity index (χ0v) is 21.5. The van der Waals surface area contributed by atoms with Gasteiger partial charge in [0.2, 0.25) is 0 Å². The molecule has 0 spiro atoms. The second kappa shape index (κ2) is 14.1. The van der Waals surface area contributed by atoms with E-state index >= 15 is 0 Å². The molecule has 1 atom stereocenters. The van der Waals surface area contributed by atoms with Gasteiger partial charge in [-0.15, -0.1) is 24.0 Å². The van der Waals surface area contributed by atoms with E-state index in [9.17, 15) is 0 Å². The number of piperidine rings is 1. The molecule has 3 rings (SSSR count). The Labute approximate surface area is 204 Å². The van der Waals surface area contributed by atoms with E-state index in [-0.39, 0.29) is 30.1 Å². The molecule has 0 radical (unpaired) electrons.